The van der Waals surface area contributed by atoms with Crippen molar-refractivity contribution >= 4 is 18.3 Å². The van der Waals surface area contributed by atoms with Crippen molar-refractivity contribution in [3.8, 4) is 23.0 Å². The zero-order chi connectivity index (χ0) is 20.2. The Morgan fingerprint density at radius 3 is 2.80 bits per heavy atom. The molecule has 2 heterocycles. The summed E-state index contributed by atoms with van der Waals surface area (Å²) in [6.07, 6.45) is 0. The minimum atomic E-state index is -0.277. The van der Waals surface area contributed by atoms with Gasteiger partial charge in [-0.25, -0.2) is 0 Å². The highest BCUT2D eigenvalue weighted by atomic mass is 35.5. The molecule has 1 N–H and O–H groups in total. The first-order chi connectivity index (χ1) is 14.2. The third-order valence-electron chi connectivity index (χ3n) is 4.94. The molecular weight excluding hydrogens is 408 g/mol. The van der Waals surface area contributed by atoms with Crippen molar-refractivity contribution in [1.29, 1.82) is 0 Å². The summed E-state index contributed by atoms with van der Waals surface area (Å²) in [6.45, 7) is 1.84. The molecule has 30 heavy (non-hydrogen) atoms. The molecule has 1 aliphatic heterocycles. The van der Waals surface area contributed by atoms with Crippen LogP contribution >= 0.6 is 12.4 Å². The zero-order valence-electron chi connectivity index (χ0n) is 16.7. The van der Waals surface area contributed by atoms with E-state index in [0.29, 0.717) is 30.9 Å². The van der Waals surface area contributed by atoms with E-state index in [9.17, 15) is 4.79 Å². The topological polar surface area (TPSA) is 89.7 Å². The average Bonchev–Trinajstić information content (AvgIpc) is 3.29. The lowest BCUT2D eigenvalue weighted by molar-refractivity contribution is 0.0615. The second kappa shape index (κ2) is 9.60. The molecule has 8 nitrogen and oxygen atoms in total. The van der Waals surface area contributed by atoms with Gasteiger partial charge in [0.1, 0.15) is 11.5 Å². The van der Waals surface area contributed by atoms with Gasteiger partial charge in [0.15, 0.2) is 0 Å². The van der Waals surface area contributed by atoms with Crippen LogP contribution in [0.25, 0.3) is 11.5 Å². The maximum atomic E-state index is 13.2. The molecule has 4 rings (SSSR count). The van der Waals surface area contributed by atoms with Gasteiger partial charge in [-0.15, -0.1) is 12.4 Å². The Balaban J connectivity index is 0.00000256. The number of piperazine rings is 1. The molecule has 0 saturated carbocycles. The van der Waals surface area contributed by atoms with Crippen molar-refractivity contribution in [3.63, 3.8) is 0 Å². The Kier molecular flexibility index (Phi) is 6.91. The Morgan fingerprint density at radius 2 is 2.00 bits per heavy atom. The molecule has 1 amide bonds. The van der Waals surface area contributed by atoms with Crippen LogP contribution in [-0.2, 0) is 0 Å². The third kappa shape index (κ3) is 4.24. The molecule has 9 heteroatoms. The highest BCUT2D eigenvalue weighted by Crippen LogP contribution is 2.31. The fourth-order valence-electron chi connectivity index (χ4n) is 3.48. The van der Waals surface area contributed by atoms with Crippen molar-refractivity contribution in [2.75, 3.05) is 33.9 Å². The second-order valence-electron chi connectivity index (χ2n) is 6.62. The molecule has 3 aromatic rings. The number of ether oxygens (including phenoxy) is 2. The standard InChI is InChI=1S/C21H22N4O4.ClH/c1-27-15-7-5-6-14(12-15)20-23-19(24-29-20)21(26)25-11-10-22-13-17(25)16-8-3-4-9-18(16)28-2;/h3-9,12,17,22H,10-11,13H2,1-2H3;1H. The van der Waals surface area contributed by atoms with E-state index in [-0.39, 0.29) is 36.1 Å². The molecular formula is C21H23ClN4O4. The first-order valence-corrected chi connectivity index (χ1v) is 9.34. The van der Waals surface area contributed by atoms with Gasteiger partial charge in [-0.05, 0) is 24.3 Å². The minimum absolute atomic E-state index is 0. The first kappa shape index (κ1) is 21.6. The summed E-state index contributed by atoms with van der Waals surface area (Å²) >= 11 is 0. The molecule has 158 valence electrons. The van der Waals surface area contributed by atoms with Gasteiger partial charge in [0.05, 0.1) is 20.3 Å². The average molecular weight is 431 g/mol. The number of carbonyl (C=O) groups is 1. The zero-order valence-corrected chi connectivity index (χ0v) is 17.5. The van der Waals surface area contributed by atoms with E-state index < -0.39 is 0 Å². The molecule has 0 spiro atoms. The molecule has 1 fully saturated rings. The van der Waals surface area contributed by atoms with Crippen LogP contribution in [-0.4, -0.2) is 54.8 Å². The number of rotatable bonds is 5. The van der Waals surface area contributed by atoms with E-state index in [2.05, 4.69) is 15.5 Å². The van der Waals surface area contributed by atoms with Gasteiger partial charge in [-0.3, -0.25) is 4.79 Å². The fraction of sp³-hybridized carbons (Fsp3) is 0.286. The molecule has 1 unspecified atom stereocenters. The van der Waals surface area contributed by atoms with Gasteiger partial charge in [0.2, 0.25) is 0 Å². The van der Waals surface area contributed by atoms with Gasteiger partial charge in [0.25, 0.3) is 17.6 Å². The number of nitrogens with zero attached hydrogens (tertiary/aromatic N) is 3. The maximum Gasteiger partial charge on any atom is 0.295 e. The van der Waals surface area contributed by atoms with Gasteiger partial charge in [-0.2, -0.15) is 4.98 Å². The maximum absolute atomic E-state index is 13.2. The monoisotopic (exact) mass is 430 g/mol. The SMILES string of the molecule is COc1cccc(-c2nc(C(=O)N3CCNCC3c3ccccc3OC)no2)c1.Cl. The van der Waals surface area contributed by atoms with E-state index in [1.807, 2.05) is 42.5 Å². The van der Waals surface area contributed by atoms with Crippen LogP contribution in [0.15, 0.2) is 53.1 Å². The van der Waals surface area contributed by atoms with Crippen LogP contribution in [0.1, 0.15) is 22.2 Å². The molecule has 1 aromatic heterocycles. The summed E-state index contributed by atoms with van der Waals surface area (Å²) in [6, 6.07) is 14.8. The minimum Gasteiger partial charge on any atom is -0.497 e. The van der Waals surface area contributed by atoms with E-state index in [4.69, 9.17) is 14.0 Å². The number of benzene rings is 2. The predicted octanol–water partition coefficient (Wildman–Crippen LogP) is 2.96. The second-order valence-corrected chi connectivity index (χ2v) is 6.62. The van der Waals surface area contributed by atoms with Crippen LogP contribution in [0.4, 0.5) is 0 Å². The van der Waals surface area contributed by atoms with Gasteiger partial charge in [0, 0.05) is 30.8 Å². The number of nitrogens with one attached hydrogen (secondary N) is 1. The normalized spacial score (nSPS) is 15.9. The smallest absolute Gasteiger partial charge is 0.295 e. The highest BCUT2D eigenvalue weighted by Gasteiger charge is 2.32. The van der Waals surface area contributed by atoms with E-state index in [0.717, 1.165) is 11.3 Å². The highest BCUT2D eigenvalue weighted by molar-refractivity contribution is 5.91. The quantitative estimate of drug-likeness (QED) is 0.665. The summed E-state index contributed by atoms with van der Waals surface area (Å²) in [7, 11) is 3.21. The van der Waals surface area contributed by atoms with Gasteiger partial charge >= 0.3 is 0 Å². The molecule has 0 bridgehead atoms. The van der Waals surface area contributed by atoms with E-state index >= 15 is 0 Å². The summed E-state index contributed by atoms with van der Waals surface area (Å²) in [4.78, 5) is 19.3. The van der Waals surface area contributed by atoms with Crippen molar-refractivity contribution in [2.45, 2.75) is 6.04 Å². The Hall–Kier alpha value is -3.10. The van der Waals surface area contributed by atoms with Gasteiger partial charge in [-0.1, -0.05) is 29.4 Å². The molecule has 1 atom stereocenters. The van der Waals surface area contributed by atoms with Crippen molar-refractivity contribution < 1.29 is 18.8 Å². The largest absolute Gasteiger partial charge is 0.497 e. The summed E-state index contributed by atoms with van der Waals surface area (Å²) in [5, 5.41) is 7.26. The lowest BCUT2D eigenvalue weighted by Gasteiger charge is -2.36. The number of carbonyl (C=O) groups excluding carboxylic acids is 1. The third-order valence-corrected chi connectivity index (χ3v) is 4.94. The van der Waals surface area contributed by atoms with Crippen LogP contribution < -0.4 is 14.8 Å². The van der Waals surface area contributed by atoms with Crippen molar-refractivity contribution in [1.82, 2.24) is 20.4 Å². The Morgan fingerprint density at radius 1 is 1.17 bits per heavy atom. The van der Waals surface area contributed by atoms with Crippen molar-refractivity contribution in [2.24, 2.45) is 0 Å². The number of hydrogen-bond donors (Lipinski definition) is 1. The van der Waals surface area contributed by atoms with Crippen LogP contribution in [0.3, 0.4) is 0 Å². The van der Waals surface area contributed by atoms with Crippen molar-refractivity contribution in [3.05, 3.63) is 59.9 Å². The predicted molar refractivity (Wildman–Crippen MR) is 113 cm³/mol. The molecule has 1 saturated heterocycles. The Bertz CT molecular complexity index is 1010. The summed E-state index contributed by atoms with van der Waals surface area (Å²) in [5.74, 6) is 1.44. The fourth-order valence-corrected chi connectivity index (χ4v) is 3.48. The van der Waals surface area contributed by atoms with Crippen LogP contribution in [0, 0.1) is 0 Å². The number of para-hydroxylation sites is 1. The Labute approximate surface area is 180 Å². The number of hydrogen-bond acceptors (Lipinski definition) is 7. The first-order valence-electron chi connectivity index (χ1n) is 9.34. The lowest BCUT2D eigenvalue weighted by Crippen LogP contribution is -2.49. The molecule has 0 aliphatic carbocycles. The lowest BCUT2D eigenvalue weighted by atomic mass is 10.0. The molecule has 1 aliphatic rings. The van der Waals surface area contributed by atoms with Crippen LogP contribution in [0.2, 0.25) is 0 Å². The summed E-state index contributed by atoms with van der Waals surface area (Å²) in [5.41, 5.74) is 1.63. The van der Waals surface area contributed by atoms with Gasteiger partial charge < -0.3 is 24.2 Å². The van der Waals surface area contributed by atoms with E-state index in [1.165, 1.54) is 0 Å². The molecule has 2 aromatic carbocycles. The number of halogens is 1. The summed E-state index contributed by atoms with van der Waals surface area (Å²) < 4.78 is 16.1. The number of aromatic nitrogens is 2. The number of amides is 1. The molecule has 0 radical (unpaired) electrons. The van der Waals surface area contributed by atoms with E-state index in [1.54, 1.807) is 25.2 Å². The van der Waals surface area contributed by atoms with Crippen LogP contribution in [0.5, 0.6) is 11.5 Å². The number of methoxy groups -OCH3 is 2.